The number of nitrogens with zero attached hydrogens (tertiary/aromatic N) is 5. The summed E-state index contributed by atoms with van der Waals surface area (Å²) < 4.78 is 0. The number of hydrogen-bond donors (Lipinski definition) is 2. The minimum atomic E-state index is 0.0837. The van der Waals surface area contributed by atoms with Crippen molar-refractivity contribution in [1.29, 1.82) is 0 Å². The van der Waals surface area contributed by atoms with Crippen LogP contribution in [0.3, 0.4) is 0 Å². The van der Waals surface area contributed by atoms with Gasteiger partial charge in [-0.25, -0.2) is 4.98 Å². The van der Waals surface area contributed by atoms with Gasteiger partial charge in [-0.3, -0.25) is 4.79 Å². The minimum Gasteiger partial charge on any atom is -0.369 e. The molecule has 10 heteroatoms. The number of aromatic nitrogens is 2. The van der Waals surface area contributed by atoms with Gasteiger partial charge in [0, 0.05) is 55.2 Å². The number of piperazine rings is 1. The molecule has 35 heavy (non-hydrogen) atoms. The highest BCUT2D eigenvalue weighted by atomic mass is 35.5. The van der Waals surface area contributed by atoms with Crippen LogP contribution in [0.2, 0.25) is 5.02 Å². The Hall–Kier alpha value is -3.01. The van der Waals surface area contributed by atoms with E-state index in [1.807, 2.05) is 30.3 Å². The van der Waals surface area contributed by atoms with Gasteiger partial charge in [0.25, 0.3) is 0 Å². The Bertz CT molecular complexity index is 1210. The van der Waals surface area contributed by atoms with Crippen LogP contribution < -0.4 is 20.4 Å². The number of fused-ring (bicyclic) bond motifs is 1. The van der Waals surface area contributed by atoms with Crippen LogP contribution >= 0.6 is 23.4 Å². The van der Waals surface area contributed by atoms with Gasteiger partial charge < -0.3 is 25.3 Å². The molecule has 3 aromatic rings. The molecule has 0 saturated carbocycles. The van der Waals surface area contributed by atoms with E-state index in [0.29, 0.717) is 22.5 Å². The van der Waals surface area contributed by atoms with Crippen molar-refractivity contribution in [3.63, 3.8) is 0 Å². The summed E-state index contributed by atoms with van der Waals surface area (Å²) in [6, 6.07) is 14.2. The lowest BCUT2D eigenvalue weighted by molar-refractivity contribution is -0.116. The summed E-state index contributed by atoms with van der Waals surface area (Å²) >= 11 is 7.93. The number of halogens is 1. The Balaban J connectivity index is 1.27. The highest BCUT2D eigenvalue weighted by Gasteiger charge is 2.22. The first-order valence-corrected chi connectivity index (χ1v) is 13.0. The zero-order chi connectivity index (χ0) is 24.4. The van der Waals surface area contributed by atoms with Crippen molar-refractivity contribution in [2.75, 3.05) is 66.0 Å². The summed E-state index contributed by atoms with van der Waals surface area (Å²) in [7, 11) is 1.79. The summed E-state index contributed by atoms with van der Waals surface area (Å²) in [4.78, 5) is 28.6. The van der Waals surface area contributed by atoms with E-state index >= 15 is 0 Å². The maximum absolute atomic E-state index is 12.1. The van der Waals surface area contributed by atoms with Crippen LogP contribution in [0.25, 0.3) is 0 Å². The Morgan fingerprint density at radius 3 is 2.51 bits per heavy atom. The smallest absolute Gasteiger partial charge is 0.237 e. The summed E-state index contributed by atoms with van der Waals surface area (Å²) in [6.45, 7) is 7.60. The highest BCUT2D eigenvalue weighted by Crippen LogP contribution is 2.37. The Labute approximate surface area is 214 Å². The SMILES string of the molecule is CCN1CCN(c2ccc(Nc3ncc(Cl)c(Nc4ccc5c(c4)N(C)C(=O)CS5)n3)cc2)CC1. The minimum absolute atomic E-state index is 0.0837. The lowest BCUT2D eigenvalue weighted by Crippen LogP contribution is -2.46. The normalized spacial score (nSPS) is 16.3. The molecule has 2 aliphatic rings. The fraction of sp³-hybridized carbons (Fsp3) is 0.320. The Morgan fingerprint density at radius 1 is 1.03 bits per heavy atom. The number of benzene rings is 2. The number of thioether (sulfide) groups is 1. The van der Waals surface area contributed by atoms with Gasteiger partial charge in [0.05, 0.1) is 17.6 Å². The maximum Gasteiger partial charge on any atom is 0.237 e. The molecule has 0 atom stereocenters. The molecule has 0 bridgehead atoms. The number of amides is 1. The first-order chi connectivity index (χ1) is 17.0. The number of carbonyl (C=O) groups is 1. The van der Waals surface area contributed by atoms with E-state index in [1.54, 1.807) is 29.9 Å². The quantitative estimate of drug-likeness (QED) is 0.489. The summed E-state index contributed by atoms with van der Waals surface area (Å²) in [6.07, 6.45) is 1.57. The van der Waals surface area contributed by atoms with Gasteiger partial charge in [-0.15, -0.1) is 11.8 Å². The third kappa shape index (κ3) is 5.32. The molecule has 0 aliphatic carbocycles. The molecule has 5 rings (SSSR count). The van der Waals surface area contributed by atoms with Crippen molar-refractivity contribution in [3.8, 4) is 0 Å². The molecule has 1 aromatic heterocycles. The number of hydrogen-bond acceptors (Lipinski definition) is 8. The van der Waals surface area contributed by atoms with Crippen molar-refractivity contribution in [2.24, 2.45) is 0 Å². The first-order valence-electron chi connectivity index (χ1n) is 11.7. The van der Waals surface area contributed by atoms with Gasteiger partial charge in [0.1, 0.15) is 5.02 Å². The molecular formula is C25H28ClN7OS. The molecule has 1 fully saturated rings. The molecule has 2 aromatic carbocycles. The van der Waals surface area contributed by atoms with Crippen molar-refractivity contribution in [1.82, 2.24) is 14.9 Å². The highest BCUT2D eigenvalue weighted by molar-refractivity contribution is 8.00. The predicted octanol–water partition coefficient (Wildman–Crippen LogP) is 4.83. The monoisotopic (exact) mass is 509 g/mol. The molecule has 8 nitrogen and oxygen atoms in total. The average Bonchev–Trinajstić information content (AvgIpc) is 2.89. The number of rotatable bonds is 6. The number of likely N-dealkylation sites (N-methyl/N-ethyl adjacent to an activating group) is 1. The third-order valence-electron chi connectivity index (χ3n) is 6.36. The fourth-order valence-electron chi connectivity index (χ4n) is 4.21. The Kier molecular flexibility index (Phi) is 6.99. The van der Waals surface area contributed by atoms with Crippen LogP contribution in [-0.2, 0) is 4.79 Å². The van der Waals surface area contributed by atoms with E-state index in [9.17, 15) is 4.79 Å². The van der Waals surface area contributed by atoms with Gasteiger partial charge in [0.15, 0.2) is 5.82 Å². The zero-order valence-corrected chi connectivity index (χ0v) is 21.4. The molecule has 0 unspecified atom stereocenters. The van der Waals surface area contributed by atoms with Crippen molar-refractivity contribution in [3.05, 3.63) is 53.7 Å². The van der Waals surface area contributed by atoms with Gasteiger partial charge in [0.2, 0.25) is 11.9 Å². The van der Waals surface area contributed by atoms with Gasteiger partial charge in [-0.05, 0) is 49.0 Å². The lowest BCUT2D eigenvalue weighted by Gasteiger charge is -2.35. The largest absolute Gasteiger partial charge is 0.369 e. The second kappa shape index (κ2) is 10.3. The standard InChI is InChI=1S/C25H28ClN7OS/c1-3-32-10-12-33(13-11-32)19-7-4-17(5-8-19)29-25-27-15-20(26)24(30-25)28-18-6-9-22-21(14-18)31(2)23(34)16-35-22/h4-9,14-15H,3,10-13,16H2,1-2H3,(H2,27,28,29,30). The predicted molar refractivity (Wildman–Crippen MR) is 145 cm³/mol. The van der Waals surface area contributed by atoms with E-state index < -0.39 is 0 Å². The summed E-state index contributed by atoms with van der Waals surface area (Å²) in [5.41, 5.74) is 3.79. The van der Waals surface area contributed by atoms with Crippen molar-refractivity contribution >= 4 is 63.8 Å². The van der Waals surface area contributed by atoms with Crippen LogP contribution in [0.15, 0.2) is 53.6 Å². The Morgan fingerprint density at radius 2 is 1.77 bits per heavy atom. The summed E-state index contributed by atoms with van der Waals surface area (Å²) in [5, 5.41) is 6.94. The molecular weight excluding hydrogens is 482 g/mol. The molecule has 3 heterocycles. The molecule has 0 spiro atoms. The average molecular weight is 510 g/mol. The van der Waals surface area contributed by atoms with E-state index in [1.165, 1.54) is 5.69 Å². The second-order valence-corrected chi connectivity index (χ2v) is 9.96. The topological polar surface area (TPSA) is 76.6 Å². The van der Waals surface area contributed by atoms with Crippen molar-refractivity contribution in [2.45, 2.75) is 11.8 Å². The summed E-state index contributed by atoms with van der Waals surface area (Å²) in [5.74, 6) is 1.48. The second-order valence-electron chi connectivity index (χ2n) is 8.53. The van der Waals surface area contributed by atoms with E-state index in [4.69, 9.17) is 11.6 Å². The molecule has 0 radical (unpaired) electrons. The van der Waals surface area contributed by atoms with Crippen molar-refractivity contribution < 1.29 is 4.79 Å². The zero-order valence-electron chi connectivity index (χ0n) is 19.8. The third-order valence-corrected chi connectivity index (χ3v) is 7.68. The van der Waals surface area contributed by atoms with Crippen LogP contribution in [-0.4, -0.2) is 66.3 Å². The maximum atomic E-state index is 12.1. The number of carbonyl (C=O) groups excluding carboxylic acids is 1. The first kappa shape index (κ1) is 23.7. The fourth-order valence-corrected chi connectivity index (χ4v) is 5.33. The lowest BCUT2D eigenvalue weighted by atomic mass is 10.2. The molecule has 2 N–H and O–H groups in total. The molecule has 1 saturated heterocycles. The molecule has 2 aliphatic heterocycles. The van der Waals surface area contributed by atoms with Crippen LogP contribution in [0, 0.1) is 0 Å². The molecule has 182 valence electrons. The molecule has 1 amide bonds. The van der Waals surface area contributed by atoms with Gasteiger partial charge >= 0.3 is 0 Å². The number of nitrogens with one attached hydrogen (secondary N) is 2. The van der Waals surface area contributed by atoms with E-state index in [2.05, 4.69) is 49.5 Å². The van der Waals surface area contributed by atoms with E-state index in [-0.39, 0.29) is 5.91 Å². The number of anilines is 6. The van der Waals surface area contributed by atoms with Crippen LogP contribution in [0.1, 0.15) is 6.92 Å². The van der Waals surface area contributed by atoms with Crippen LogP contribution in [0.4, 0.5) is 34.5 Å². The van der Waals surface area contributed by atoms with Gasteiger partial charge in [-0.1, -0.05) is 18.5 Å². The van der Waals surface area contributed by atoms with Gasteiger partial charge in [-0.2, -0.15) is 4.98 Å². The van der Waals surface area contributed by atoms with E-state index in [0.717, 1.165) is 54.7 Å². The van der Waals surface area contributed by atoms with Crippen LogP contribution in [0.5, 0.6) is 0 Å².